The van der Waals surface area contributed by atoms with Gasteiger partial charge in [-0.2, -0.15) is 0 Å². The van der Waals surface area contributed by atoms with Gasteiger partial charge in [0.25, 0.3) is 0 Å². The maximum atomic E-state index is 9.07. The number of rotatable bonds is 4. The van der Waals surface area contributed by atoms with Crippen LogP contribution in [0.15, 0.2) is 24.4 Å². The number of pyridine rings is 1. The minimum absolute atomic E-state index is 0.204. The summed E-state index contributed by atoms with van der Waals surface area (Å²) in [5.41, 5.74) is 1.35. The van der Waals surface area contributed by atoms with Gasteiger partial charge in [0.1, 0.15) is 0 Å². The Morgan fingerprint density at radius 1 is 1.44 bits per heavy atom. The van der Waals surface area contributed by atoms with E-state index in [2.05, 4.69) is 29.8 Å². The third kappa shape index (κ3) is 3.30. The molecule has 1 N–H and O–H groups in total. The van der Waals surface area contributed by atoms with Crippen LogP contribution in [-0.2, 0) is 6.54 Å². The van der Waals surface area contributed by atoms with Crippen LogP contribution in [0.25, 0.3) is 0 Å². The lowest BCUT2D eigenvalue weighted by Gasteiger charge is -2.45. The molecule has 1 aliphatic heterocycles. The quantitative estimate of drug-likeness (QED) is 0.889. The fourth-order valence-corrected chi connectivity index (χ4v) is 2.99. The Morgan fingerprint density at radius 2 is 2.28 bits per heavy atom. The number of aliphatic hydroxyl groups excluding tert-OH is 1. The van der Waals surface area contributed by atoms with Crippen LogP contribution in [0, 0.1) is 5.92 Å². The van der Waals surface area contributed by atoms with Gasteiger partial charge in [0, 0.05) is 24.9 Å². The van der Waals surface area contributed by atoms with Gasteiger partial charge in [-0.15, -0.1) is 0 Å². The van der Waals surface area contributed by atoms with E-state index in [-0.39, 0.29) is 5.54 Å². The number of nitrogens with zero attached hydrogens (tertiary/aromatic N) is 2. The van der Waals surface area contributed by atoms with E-state index in [1.807, 2.05) is 18.3 Å². The average molecular weight is 248 g/mol. The molecule has 1 fully saturated rings. The second-order valence-corrected chi connectivity index (χ2v) is 5.93. The Hall–Kier alpha value is -0.930. The van der Waals surface area contributed by atoms with Gasteiger partial charge in [0.2, 0.25) is 0 Å². The molecule has 1 aromatic rings. The number of hydrogen-bond donors (Lipinski definition) is 1. The van der Waals surface area contributed by atoms with E-state index in [0.29, 0.717) is 12.5 Å². The molecule has 0 amide bonds. The molecule has 1 atom stereocenters. The van der Waals surface area contributed by atoms with Crippen molar-refractivity contribution in [1.29, 1.82) is 0 Å². The molecule has 100 valence electrons. The first-order valence-corrected chi connectivity index (χ1v) is 6.87. The molecule has 0 spiro atoms. The van der Waals surface area contributed by atoms with Crippen LogP contribution < -0.4 is 0 Å². The Morgan fingerprint density at radius 3 is 2.89 bits per heavy atom. The molecular weight excluding hydrogens is 224 g/mol. The Balaban J connectivity index is 1.98. The van der Waals surface area contributed by atoms with E-state index >= 15 is 0 Å². The summed E-state index contributed by atoms with van der Waals surface area (Å²) < 4.78 is 0. The lowest BCUT2D eigenvalue weighted by Crippen LogP contribution is -2.49. The molecule has 0 bridgehead atoms. The smallest absolute Gasteiger partial charge is 0.0544 e. The predicted molar refractivity (Wildman–Crippen MR) is 73.2 cm³/mol. The van der Waals surface area contributed by atoms with E-state index in [1.165, 1.54) is 12.8 Å². The van der Waals surface area contributed by atoms with Crippen LogP contribution in [0.3, 0.4) is 0 Å². The van der Waals surface area contributed by atoms with Crippen molar-refractivity contribution in [3.05, 3.63) is 30.1 Å². The minimum atomic E-state index is 0.204. The predicted octanol–water partition coefficient (Wildman–Crippen LogP) is 2.45. The molecule has 3 nitrogen and oxygen atoms in total. The molecule has 1 aliphatic rings. The average Bonchev–Trinajstić information content (AvgIpc) is 2.34. The summed E-state index contributed by atoms with van der Waals surface area (Å²) in [6, 6.07) is 6.10. The largest absolute Gasteiger partial charge is 0.396 e. The molecule has 1 aromatic heterocycles. The summed E-state index contributed by atoms with van der Waals surface area (Å²) in [4.78, 5) is 6.93. The van der Waals surface area contributed by atoms with Crippen LogP contribution in [0.2, 0.25) is 0 Å². The zero-order chi connectivity index (χ0) is 13.0. The molecule has 1 saturated heterocycles. The van der Waals surface area contributed by atoms with Crippen molar-refractivity contribution in [2.75, 3.05) is 13.2 Å². The van der Waals surface area contributed by atoms with Crippen molar-refractivity contribution in [3.8, 4) is 0 Å². The SMILES string of the molecule is CC1(C)CC(CCO)CCN1Cc1ccccn1. The molecule has 18 heavy (non-hydrogen) atoms. The number of likely N-dealkylation sites (tertiary alicyclic amines) is 1. The van der Waals surface area contributed by atoms with Gasteiger partial charge in [0.05, 0.1) is 5.69 Å². The van der Waals surface area contributed by atoms with Crippen LogP contribution in [0.1, 0.15) is 38.8 Å². The molecule has 0 radical (unpaired) electrons. The van der Waals surface area contributed by atoms with Crippen molar-refractivity contribution in [1.82, 2.24) is 9.88 Å². The summed E-state index contributed by atoms with van der Waals surface area (Å²) in [5.74, 6) is 0.671. The van der Waals surface area contributed by atoms with Gasteiger partial charge < -0.3 is 5.11 Å². The van der Waals surface area contributed by atoms with Gasteiger partial charge in [-0.3, -0.25) is 9.88 Å². The Bertz CT molecular complexity index is 364. The van der Waals surface area contributed by atoms with Gasteiger partial charge in [-0.25, -0.2) is 0 Å². The van der Waals surface area contributed by atoms with E-state index < -0.39 is 0 Å². The maximum absolute atomic E-state index is 9.07. The molecule has 2 rings (SSSR count). The molecule has 0 aromatic carbocycles. The Labute approximate surface area is 110 Å². The van der Waals surface area contributed by atoms with Crippen molar-refractivity contribution in [2.24, 2.45) is 5.92 Å². The van der Waals surface area contributed by atoms with Crippen LogP contribution in [-0.4, -0.2) is 33.7 Å². The van der Waals surface area contributed by atoms with Crippen molar-refractivity contribution < 1.29 is 5.11 Å². The fraction of sp³-hybridized carbons (Fsp3) is 0.667. The first-order valence-electron chi connectivity index (χ1n) is 6.87. The zero-order valence-corrected chi connectivity index (χ0v) is 11.5. The second-order valence-electron chi connectivity index (χ2n) is 5.93. The summed E-state index contributed by atoms with van der Waals surface area (Å²) >= 11 is 0. The lowest BCUT2D eigenvalue weighted by molar-refractivity contribution is 0.0315. The number of hydrogen-bond acceptors (Lipinski definition) is 3. The number of aromatic nitrogens is 1. The second kappa shape index (κ2) is 5.81. The lowest BCUT2D eigenvalue weighted by atomic mass is 9.81. The van der Waals surface area contributed by atoms with Gasteiger partial charge >= 0.3 is 0 Å². The molecule has 1 unspecified atom stereocenters. The first-order chi connectivity index (χ1) is 8.62. The normalized spacial score (nSPS) is 24.1. The molecule has 3 heteroatoms. The molecule has 2 heterocycles. The number of aliphatic hydroxyl groups is 1. The molecule has 0 saturated carbocycles. The van der Waals surface area contributed by atoms with Crippen molar-refractivity contribution in [3.63, 3.8) is 0 Å². The highest BCUT2D eigenvalue weighted by molar-refractivity contribution is 5.05. The number of piperidine rings is 1. The van der Waals surface area contributed by atoms with Gasteiger partial charge in [-0.05, 0) is 57.7 Å². The highest BCUT2D eigenvalue weighted by Gasteiger charge is 2.34. The van der Waals surface area contributed by atoms with E-state index in [4.69, 9.17) is 5.11 Å². The van der Waals surface area contributed by atoms with Crippen LogP contribution in [0.5, 0.6) is 0 Å². The molecular formula is C15H24N2O. The van der Waals surface area contributed by atoms with Crippen LogP contribution >= 0.6 is 0 Å². The molecule has 0 aliphatic carbocycles. The first kappa shape index (κ1) is 13.5. The third-order valence-electron chi connectivity index (χ3n) is 4.07. The van der Waals surface area contributed by atoms with Gasteiger partial charge in [0.15, 0.2) is 0 Å². The highest BCUT2D eigenvalue weighted by Crippen LogP contribution is 2.33. The summed E-state index contributed by atoms with van der Waals surface area (Å²) in [6.45, 7) is 6.97. The van der Waals surface area contributed by atoms with E-state index in [0.717, 1.165) is 25.2 Å². The minimum Gasteiger partial charge on any atom is -0.396 e. The van der Waals surface area contributed by atoms with E-state index in [9.17, 15) is 0 Å². The zero-order valence-electron chi connectivity index (χ0n) is 11.5. The van der Waals surface area contributed by atoms with Crippen LogP contribution in [0.4, 0.5) is 0 Å². The van der Waals surface area contributed by atoms with Crippen molar-refractivity contribution in [2.45, 2.75) is 45.2 Å². The summed E-state index contributed by atoms with van der Waals surface area (Å²) in [6.07, 6.45) is 5.17. The highest BCUT2D eigenvalue weighted by atomic mass is 16.3. The maximum Gasteiger partial charge on any atom is 0.0544 e. The standard InChI is InChI=1S/C15H24N2O/c1-15(2)11-13(7-10-18)6-9-17(15)12-14-5-3-4-8-16-14/h3-5,8,13,18H,6-7,9-12H2,1-2H3. The third-order valence-corrected chi connectivity index (χ3v) is 4.07. The Kier molecular flexibility index (Phi) is 4.36. The summed E-state index contributed by atoms with van der Waals surface area (Å²) in [5, 5.41) is 9.07. The monoisotopic (exact) mass is 248 g/mol. The van der Waals surface area contributed by atoms with E-state index in [1.54, 1.807) is 0 Å². The fourth-order valence-electron chi connectivity index (χ4n) is 2.99. The summed E-state index contributed by atoms with van der Waals surface area (Å²) in [7, 11) is 0. The topological polar surface area (TPSA) is 36.4 Å². The van der Waals surface area contributed by atoms with Gasteiger partial charge in [-0.1, -0.05) is 6.07 Å². The van der Waals surface area contributed by atoms with Crippen molar-refractivity contribution >= 4 is 0 Å².